The molecule has 1 aliphatic rings. The van der Waals surface area contributed by atoms with Crippen molar-refractivity contribution in [3.05, 3.63) is 36.0 Å². The molecule has 2 amide bonds. The predicted octanol–water partition coefficient (Wildman–Crippen LogP) is 1.42. The van der Waals surface area contributed by atoms with Crippen molar-refractivity contribution in [2.45, 2.75) is 25.6 Å². The van der Waals surface area contributed by atoms with Crippen molar-refractivity contribution in [1.29, 1.82) is 0 Å². The molecule has 0 unspecified atom stereocenters. The van der Waals surface area contributed by atoms with E-state index < -0.39 is 16.4 Å². The Bertz CT molecular complexity index is 1030. The molecule has 0 radical (unpaired) electrons. The Morgan fingerprint density at radius 1 is 1.28 bits per heavy atom. The van der Waals surface area contributed by atoms with E-state index in [2.05, 4.69) is 25.5 Å². The van der Waals surface area contributed by atoms with Crippen LogP contribution in [0.15, 0.2) is 30.3 Å². The van der Waals surface area contributed by atoms with Gasteiger partial charge in [0.1, 0.15) is 5.82 Å². The minimum atomic E-state index is -3.51. The standard InChI is InChI=1S/C21H29N5O5S/c1-3-22-21(28)24-17-6-4-16(5-7-17)20-23-18(14-32(29,30)11-9-27)12-19(25-20)26-8-10-31-13-15(26)2/h4-7,12,15,27H,3,8-11,13-14H2,1-2H3,(H2,22,24,28)/t15-/m0/s1. The summed E-state index contributed by atoms with van der Waals surface area (Å²) in [5.74, 6) is 0.408. The zero-order chi connectivity index (χ0) is 23.1. The number of sulfone groups is 1. The monoisotopic (exact) mass is 463 g/mol. The molecule has 32 heavy (non-hydrogen) atoms. The van der Waals surface area contributed by atoms with Crippen LogP contribution in [0.5, 0.6) is 0 Å². The SMILES string of the molecule is CCNC(=O)Nc1ccc(-c2nc(CS(=O)(=O)CCO)cc(N3CCOC[C@@H]3C)n2)cc1. The molecule has 0 spiro atoms. The molecule has 0 aliphatic carbocycles. The molecule has 0 bridgehead atoms. The van der Waals surface area contributed by atoms with Gasteiger partial charge in [-0.25, -0.2) is 23.2 Å². The summed E-state index contributed by atoms with van der Waals surface area (Å²) in [6.45, 7) is 5.68. The Labute approximate surface area is 187 Å². The van der Waals surface area contributed by atoms with Crippen LogP contribution in [0.1, 0.15) is 19.5 Å². The fourth-order valence-corrected chi connectivity index (χ4v) is 4.40. The van der Waals surface area contributed by atoms with Crippen molar-refractivity contribution in [3.8, 4) is 11.4 Å². The molecular formula is C21H29N5O5S. The first-order chi connectivity index (χ1) is 15.3. The molecule has 1 saturated heterocycles. The van der Waals surface area contributed by atoms with E-state index >= 15 is 0 Å². The first-order valence-corrected chi connectivity index (χ1v) is 12.3. The third-order valence-electron chi connectivity index (χ3n) is 4.94. The number of ether oxygens (including phenoxy) is 1. The van der Waals surface area contributed by atoms with Gasteiger partial charge in [0.15, 0.2) is 15.7 Å². The Morgan fingerprint density at radius 2 is 2.03 bits per heavy atom. The average Bonchev–Trinajstić information content (AvgIpc) is 2.74. The number of hydrogen-bond acceptors (Lipinski definition) is 8. The maximum Gasteiger partial charge on any atom is 0.319 e. The van der Waals surface area contributed by atoms with E-state index in [1.807, 2.05) is 13.8 Å². The number of urea groups is 1. The van der Waals surface area contributed by atoms with Gasteiger partial charge in [-0.15, -0.1) is 0 Å². The second-order valence-electron chi connectivity index (χ2n) is 7.54. The van der Waals surface area contributed by atoms with Crippen molar-refractivity contribution in [1.82, 2.24) is 15.3 Å². The molecule has 1 aliphatic heterocycles. The molecule has 10 nitrogen and oxygen atoms in total. The zero-order valence-corrected chi connectivity index (χ0v) is 19.1. The van der Waals surface area contributed by atoms with Crippen molar-refractivity contribution in [3.63, 3.8) is 0 Å². The van der Waals surface area contributed by atoms with Crippen LogP contribution in [0.3, 0.4) is 0 Å². The number of aromatic nitrogens is 2. The lowest BCUT2D eigenvalue weighted by Crippen LogP contribution is -2.44. The molecule has 1 aromatic heterocycles. The van der Waals surface area contributed by atoms with E-state index in [1.165, 1.54) is 0 Å². The van der Waals surface area contributed by atoms with Gasteiger partial charge in [0.25, 0.3) is 0 Å². The summed E-state index contributed by atoms with van der Waals surface area (Å²) >= 11 is 0. The lowest BCUT2D eigenvalue weighted by molar-refractivity contribution is 0.0985. The number of nitrogens with zero attached hydrogens (tertiary/aromatic N) is 3. The van der Waals surface area contributed by atoms with Crippen molar-refractivity contribution in [2.75, 3.05) is 48.9 Å². The number of rotatable bonds is 8. The summed E-state index contributed by atoms with van der Waals surface area (Å²) < 4.78 is 30.1. The van der Waals surface area contributed by atoms with E-state index in [4.69, 9.17) is 9.84 Å². The van der Waals surface area contributed by atoms with Gasteiger partial charge in [0.05, 0.1) is 43.1 Å². The Hall–Kier alpha value is -2.76. The molecular weight excluding hydrogens is 434 g/mol. The minimum absolute atomic E-state index is 0.0806. The number of carbonyl (C=O) groups excluding carboxylic acids is 1. The van der Waals surface area contributed by atoms with Gasteiger partial charge >= 0.3 is 6.03 Å². The molecule has 1 fully saturated rings. The van der Waals surface area contributed by atoms with E-state index in [0.717, 1.165) is 0 Å². The lowest BCUT2D eigenvalue weighted by Gasteiger charge is -2.34. The first kappa shape index (κ1) is 23.9. The molecule has 1 atom stereocenters. The number of anilines is 2. The van der Waals surface area contributed by atoms with Crippen molar-refractivity contribution >= 4 is 27.4 Å². The molecule has 3 N–H and O–H groups in total. The van der Waals surface area contributed by atoms with Crippen LogP contribution in [0, 0.1) is 0 Å². The summed E-state index contributed by atoms with van der Waals surface area (Å²) in [4.78, 5) is 23.0. The molecule has 3 rings (SSSR count). The number of carbonyl (C=O) groups is 1. The second kappa shape index (κ2) is 10.7. The van der Waals surface area contributed by atoms with Gasteiger partial charge in [-0.05, 0) is 38.1 Å². The quantitative estimate of drug-likeness (QED) is 0.535. The van der Waals surface area contributed by atoms with E-state index in [1.54, 1.807) is 30.3 Å². The number of amides is 2. The van der Waals surface area contributed by atoms with Crippen LogP contribution in [0.4, 0.5) is 16.3 Å². The Kier molecular flexibility index (Phi) is 7.99. The number of nitrogens with one attached hydrogen (secondary N) is 2. The normalized spacial score (nSPS) is 16.6. The van der Waals surface area contributed by atoms with E-state index in [-0.39, 0.29) is 23.6 Å². The molecule has 174 valence electrons. The molecule has 2 heterocycles. The van der Waals surface area contributed by atoms with Crippen LogP contribution in [0.2, 0.25) is 0 Å². The van der Waals surface area contributed by atoms with Crippen molar-refractivity contribution in [2.24, 2.45) is 0 Å². The van der Waals surface area contributed by atoms with Gasteiger partial charge < -0.3 is 25.4 Å². The highest BCUT2D eigenvalue weighted by Gasteiger charge is 2.23. The van der Waals surface area contributed by atoms with Gasteiger partial charge in [-0.1, -0.05) is 0 Å². The third-order valence-corrected chi connectivity index (χ3v) is 6.48. The largest absolute Gasteiger partial charge is 0.395 e. The Morgan fingerprint density at radius 3 is 2.69 bits per heavy atom. The zero-order valence-electron chi connectivity index (χ0n) is 18.2. The van der Waals surface area contributed by atoms with Crippen LogP contribution in [0.25, 0.3) is 11.4 Å². The van der Waals surface area contributed by atoms with E-state index in [9.17, 15) is 13.2 Å². The predicted molar refractivity (Wildman–Crippen MR) is 122 cm³/mol. The number of hydrogen-bond donors (Lipinski definition) is 3. The summed E-state index contributed by atoms with van der Waals surface area (Å²) in [7, 11) is -3.51. The third kappa shape index (κ3) is 6.38. The minimum Gasteiger partial charge on any atom is -0.395 e. The maximum absolute atomic E-state index is 12.3. The maximum atomic E-state index is 12.3. The highest BCUT2D eigenvalue weighted by molar-refractivity contribution is 7.90. The summed E-state index contributed by atoms with van der Waals surface area (Å²) in [5, 5.41) is 14.5. The van der Waals surface area contributed by atoms with Crippen LogP contribution in [-0.4, -0.2) is 74.2 Å². The average molecular weight is 464 g/mol. The fraction of sp³-hybridized carbons (Fsp3) is 0.476. The Balaban J connectivity index is 1.94. The summed E-state index contributed by atoms with van der Waals surface area (Å²) in [5.41, 5.74) is 1.67. The van der Waals surface area contributed by atoms with Gasteiger partial charge in [0, 0.05) is 30.4 Å². The van der Waals surface area contributed by atoms with E-state index in [0.29, 0.717) is 54.9 Å². The molecule has 1 aromatic carbocycles. The van der Waals surface area contributed by atoms with Gasteiger partial charge in [-0.3, -0.25) is 0 Å². The van der Waals surface area contributed by atoms with Crippen molar-refractivity contribution < 1.29 is 23.1 Å². The number of aliphatic hydroxyl groups excluding tert-OH is 1. The summed E-state index contributed by atoms with van der Waals surface area (Å²) in [6.07, 6.45) is 0. The first-order valence-electron chi connectivity index (χ1n) is 10.5. The van der Waals surface area contributed by atoms with Gasteiger partial charge in [-0.2, -0.15) is 0 Å². The molecule has 11 heteroatoms. The fourth-order valence-electron chi connectivity index (χ4n) is 3.38. The number of aliphatic hydroxyl groups is 1. The smallest absolute Gasteiger partial charge is 0.319 e. The topological polar surface area (TPSA) is 134 Å². The van der Waals surface area contributed by atoms with Crippen LogP contribution in [-0.2, 0) is 20.3 Å². The van der Waals surface area contributed by atoms with Crippen LogP contribution < -0.4 is 15.5 Å². The highest BCUT2D eigenvalue weighted by Crippen LogP contribution is 2.25. The number of morpholine rings is 1. The highest BCUT2D eigenvalue weighted by atomic mass is 32.2. The van der Waals surface area contributed by atoms with Crippen LogP contribution >= 0.6 is 0 Å². The summed E-state index contributed by atoms with van der Waals surface area (Å²) in [6, 6.07) is 8.49. The second-order valence-corrected chi connectivity index (χ2v) is 9.72. The number of benzene rings is 1. The molecule has 2 aromatic rings. The van der Waals surface area contributed by atoms with Gasteiger partial charge in [0.2, 0.25) is 0 Å². The molecule has 0 saturated carbocycles. The lowest BCUT2D eigenvalue weighted by atomic mass is 10.2.